The average Bonchev–Trinajstić information content (AvgIpc) is 3.23. The molecule has 0 saturated carbocycles. The molecule has 0 aliphatic carbocycles. The zero-order chi connectivity index (χ0) is 20.9. The standard InChI is InChI=1S/C24H28BO2S2.Li.H/c1-23(2,3)26-25(27-24(4,5)6,21-15-17-11-7-9-13-19(17)28-21)22-16-18-12-8-10-14-20(18)29-22;;/h7-16H,1-6H3;;/q-1;;. The van der Waals surface area contributed by atoms with Crippen LogP contribution in [0.1, 0.15) is 41.5 Å². The maximum absolute atomic E-state index is 6.89. The van der Waals surface area contributed by atoms with Gasteiger partial charge in [0.2, 0.25) is 0 Å². The third-order valence-electron chi connectivity index (χ3n) is 4.68. The molecule has 0 spiro atoms. The molecular weight excluding hydrogens is 402 g/mol. The minimum atomic E-state index is -1.86. The van der Waals surface area contributed by atoms with Crippen LogP contribution in [-0.2, 0) is 9.31 Å². The van der Waals surface area contributed by atoms with Crippen LogP contribution in [0, 0.1) is 0 Å². The molecule has 30 heavy (non-hydrogen) atoms. The van der Waals surface area contributed by atoms with E-state index in [2.05, 4.69) is 102 Å². The van der Waals surface area contributed by atoms with Gasteiger partial charge in [0.25, 0.3) is 0 Å². The number of hydrogen-bond acceptors (Lipinski definition) is 4. The van der Waals surface area contributed by atoms with Gasteiger partial charge in [0, 0.05) is 20.6 Å². The number of hydrogen-bond donors (Lipinski definition) is 0. The van der Waals surface area contributed by atoms with Gasteiger partial charge in [-0.1, -0.05) is 58.1 Å². The summed E-state index contributed by atoms with van der Waals surface area (Å²) >= 11 is 3.55. The first-order valence-corrected chi connectivity index (χ1v) is 11.7. The van der Waals surface area contributed by atoms with Crippen LogP contribution < -0.4 is 9.55 Å². The van der Waals surface area contributed by atoms with E-state index < -0.39 is 6.55 Å². The zero-order valence-electron chi connectivity index (χ0n) is 18.0. The Morgan fingerprint density at radius 2 is 1.00 bits per heavy atom. The van der Waals surface area contributed by atoms with Crippen LogP contribution in [0.4, 0.5) is 0 Å². The van der Waals surface area contributed by atoms with Crippen molar-refractivity contribution in [1.29, 1.82) is 0 Å². The van der Waals surface area contributed by atoms with Crippen LogP contribution in [0.15, 0.2) is 60.7 Å². The fourth-order valence-electron chi connectivity index (χ4n) is 3.77. The molecular formula is C24H29BLiO2S2-. The van der Waals surface area contributed by atoms with Crippen molar-refractivity contribution >= 4 is 77.8 Å². The molecule has 0 bridgehead atoms. The normalized spacial score (nSPS) is 13.0. The molecule has 0 amide bonds. The molecule has 0 saturated heterocycles. The van der Waals surface area contributed by atoms with E-state index in [0.717, 1.165) is 9.55 Å². The summed E-state index contributed by atoms with van der Waals surface area (Å²) < 4.78 is 18.6. The summed E-state index contributed by atoms with van der Waals surface area (Å²) in [6.45, 7) is 10.8. The Morgan fingerprint density at radius 3 is 1.33 bits per heavy atom. The number of fused-ring (bicyclic) bond motifs is 2. The van der Waals surface area contributed by atoms with Gasteiger partial charge in [-0.15, -0.1) is 0 Å². The zero-order valence-corrected chi connectivity index (χ0v) is 19.6. The van der Waals surface area contributed by atoms with Crippen molar-refractivity contribution in [3.05, 3.63) is 60.7 Å². The minimum absolute atomic E-state index is 0. The molecule has 0 N–H and O–H groups in total. The third-order valence-corrected chi connectivity index (χ3v) is 7.19. The van der Waals surface area contributed by atoms with Gasteiger partial charge >= 0.3 is 25.4 Å². The molecule has 2 aromatic carbocycles. The molecule has 0 fully saturated rings. The summed E-state index contributed by atoms with van der Waals surface area (Å²) in [5.74, 6) is 0. The molecule has 0 aliphatic heterocycles. The van der Waals surface area contributed by atoms with Crippen LogP contribution in [-0.4, -0.2) is 36.6 Å². The molecule has 4 aromatic rings. The molecule has 6 heteroatoms. The Hall–Kier alpha value is -1.06. The second-order valence-corrected chi connectivity index (χ2v) is 11.8. The van der Waals surface area contributed by atoms with Gasteiger partial charge in [-0.25, -0.2) is 0 Å². The van der Waals surface area contributed by atoms with Crippen LogP contribution >= 0.6 is 22.7 Å². The van der Waals surface area contributed by atoms with Gasteiger partial charge in [0.05, 0.1) is 0 Å². The first-order chi connectivity index (χ1) is 13.6. The molecule has 2 nitrogen and oxygen atoms in total. The molecule has 0 unspecified atom stereocenters. The average molecular weight is 431 g/mol. The number of benzene rings is 2. The van der Waals surface area contributed by atoms with Gasteiger partial charge in [-0.05, 0) is 64.4 Å². The van der Waals surface area contributed by atoms with Crippen LogP contribution in [0.3, 0.4) is 0 Å². The van der Waals surface area contributed by atoms with E-state index in [0.29, 0.717) is 0 Å². The van der Waals surface area contributed by atoms with Crippen LogP contribution in [0.2, 0.25) is 0 Å². The second kappa shape index (κ2) is 8.47. The first kappa shape index (κ1) is 23.6. The Morgan fingerprint density at radius 1 is 0.633 bits per heavy atom. The summed E-state index contributed by atoms with van der Waals surface area (Å²) in [6.07, 6.45) is 0. The van der Waals surface area contributed by atoms with Crippen molar-refractivity contribution in [3.63, 3.8) is 0 Å². The first-order valence-electron chi connectivity index (χ1n) is 10.1. The number of rotatable bonds is 4. The maximum atomic E-state index is 6.89. The molecule has 154 valence electrons. The molecule has 2 aromatic heterocycles. The third kappa shape index (κ3) is 4.88. The Kier molecular flexibility index (Phi) is 6.66. The fraction of sp³-hybridized carbons (Fsp3) is 0.333. The van der Waals surface area contributed by atoms with Gasteiger partial charge in [-0.2, -0.15) is 22.7 Å². The molecule has 2 heterocycles. The van der Waals surface area contributed by atoms with Crippen LogP contribution in [0.5, 0.6) is 0 Å². The molecule has 0 aliphatic rings. The van der Waals surface area contributed by atoms with Crippen molar-refractivity contribution in [2.24, 2.45) is 0 Å². The van der Waals surface area contributed by atoms with Crippen molar-refractivity contribution in [2.75, 3.05) is 0 Å². The van der Waals surface area contributed by atoms with Crippen LogP contribution in [0.25, 0.3) is 20.2 Å². The van der Waals surface area contributed by atoms with E-state index in [1.807, 2.05) is 0 Å². The summed E-state index contributed by atoms with van der Waals surface area (Å²) in [6, 6.07) is 21.5. The predicted octanol–water partition coefficient (Wildman–Crippen LogP) is 5.65. The number of thiophene rings is 2. The summed E-state index contributed by atoms with van der Waals surface area (Å²) in [4.78, 5) is 0. The van der Waals surface area contributed by atoms with Gasteiger partial charge in [-0.3, -0.25) is 0 Å². The summed E-state index contributed by atoms with van der Waals surface area (Å²) in [7, 11) is 0. The topological polar surface area (TPSA) is 18.5 Å². The molecule has 0 radical (unpaired) electrons. The summed E-state index contributed by atoms with van der Waals surface area (Å²) in [5, 5.41) is 2.46. The quantitative estimate of drug-likeness (QED) is 0.389. The van der Waals surface area contributed by atoms with E-state index >= 15 is 0 Å². The molecule has 0 atom stereocenters. The van der Waals surface area contributed by atoms with Crippen molar-refractivity contribution < 1.29 is 9.31 Å². The van der Waals surface area contributed by atoms with E-state index in [1.54, 1.807) is 22.7 Å². The summed E-state index contributed by atoms with van der Waals surface area (Å²) in [5.41, 5.74) is -0.727. The van der Waals surface area contributed by atoms with Crippen molar-refractivity contribution in [3.8, 4) is 0 Å². The van der Waals surface area contributed by atoms with E-state index in [1.165, 1.54) is 20.2 Å². The monoisotopic (exact) mass is 431 g/mol. The van der Waals surface area contributed by atoms with Gasteiger partial charge in [0.15, 0.2) is 0 Å². The van der Waals surface area contributed by atoms with Crippen molar-refractivity contribution in [1.82, 2.24) is 0 Å². The SMILES string of the molecule is CC(C)(C)O[B-](OC(C)(C)C)(c1cc2ccccc2s1)c1cc2ccccc2s1.[LiH]. The Labute approximate surface area is 199 Å². The Balaban J connectivity index is 0.00000256. The fourth-order valence-corrected chi connectivity index (χ4v) is 6.27. The second-order valence-electron chi connectivity index (χ2n) is 9.55. The van der Waals surface area contributed by atoms with Crippen molar-refractivity contribution in [2.45, 2.75) is 52.7 Å². The van der Waals surface area contributed by atoms with E-state index in [4.69, 9.17) is 9.31 Å². The van der Waals surface area contributed by atoms with Gasteiger partial charge in [0.1, 0.15) is 0 Å². The van der Waals surface area contributed by atoms with Gasteiger partial charge < -0.3 is 9.31 Å². The van der Waals surface area contributed by atoms with E-state index in [9.17, 15) is 0 Å². The predicted molar refractivity (Wildman–Crippen MR) is 137 cm³/mol. The molecule has 4 rings (SSSR count). The van der Waals surface area contributed by atoms with E-state index in [-0.39, 0.29) is 30.1 Å². The Bertz CT molecular complexity index is 993.